The number of nitrogens with one attached hydrogen (secondary N) is 2. The van der Waals surface area contributed by atoms with Gasteiger partial charge in [0.05, 0.1) is 24.9 Å². The Kier molecular flexibility index (Phi) is 7.13. The molecule has 1 aliphatic rings. The Bertz CT molecular complexity index is 1230. The van der Waals surface area contributed by atoms with Crippen LogP contribution in [0.15, 0.2) is 34.9 Å². The minimum absolute atomic E-state index is 0.0163. The van der Waals surface area contributed by atoms with E-state index in [1.165, 1.54) is 19.4 Å². The van der Waals surface area contributed by atoms with Gasteiger partial charge in [-0.25, -0.2) is 18.2 Å². The van der Waals surface area contributed by atoms with Gasteiger partial charge in [0, 0.05) is 17.8 Å². The fraction of sp³-hybridized carbons (Fsp3) is 0.318. The lowest BCUT2D eigenvalue weighted by molar-refractivity contribution is -0.147. The number of ether oxygens (including phenoxy) is 2. The summed E-state index contributed by atoms with van der Waals surface area (Å²) in [5, 5.41) is 12.1. The molecule has 0 radical (unpaired) electrons. The van der Waals surface area contributed by atoms with Gasteiger partial charge >= 0.3 is 23.8 Å². The predicted octanol–water partition coefficient (Wildman–Crippen LogP) is 3.99. The van der Waals surface area contributed by atoms with E-state index in [4.69, 9.17) is 13.9 Å². The molecule has 3 aromatic rings. The van der Waals surface area contributed by atoms with Crippen molar-refractivity contribution >= 4 is 29.3 Å². The highest BCUT2D eigenvalue weighted by Crippen LogP contribution is 2.29. The number of methoxy groups -OCH3 is 1. The van der Waals surface area contributed by atoms with E-state index >= 15 is 0 Å². The third kappa shape index (κ3) is 5.86. The molecule has 184 valence electrons. The monoisotopic (exact) mass is 491 g/mol. The molecule has 0 saturated heterocycles. The first kappa shape index (κ1) is 24.0. The average molecular weight is 491 g/mol. The molecule has 1 aromatic carbocycles. The van der Waals surface area contributed by atoms with Crippen molar-refractivity contribution in [2.45, 2.75) is 31.8 Å². The van der Waals surface area contributed by atoms with Crippen LogP contribution in [0.2, 0.25) is 0 Å². The quantitative estimate of drug-likeness (QED) is 0.472. The van der Waals surface area contributed by atoms with Crippen molar-refractivity contribution in [3.63, 3.8) is 0 Å². The smallest absolute Gasteiger partial charge is 0.320 e. The van der Waals surface area contributed by atoms with Gasteiger partial charge in [-0.2, -0.15) is 0 Å². The third-order valence-corrected chi connectivity index (χ3v) is 5.34. The first-order chi connectivity index (χ1) is 16.8. The number of hydrogen-bond donors (Lipinski definition) is 2. The summed E-state index contributed by atoms with van der Waals surface area (Å²) in [6, 6.07) is 3.81. The van der Waals surface area contributed by atoms with Gasteiger partial charge in [-0.1, -0.05) is 5.10 Å². The molecule has 35 heavy (non-hydrogen) atoms. The Balaban J connectivity index is 1.33. The second-order valence-corrected chi connectivity index (χ2v) is 7.75. The molecule has 4 rings (SSSR count). The first-order valence-corrected chi connectivity index (χ1v) is 10.6. The van der Waals surface area contributed by atoms with E-state index in [1.807, 2.05) is 0 Å². The fourth-order valence-corrected chi connectivity index (χ4v) is 3.57. The topological polar surface area (TPSA) is 128 Å². The lowest BCUT2D eigenvalue weighted by Crippen LogP contribution is -2.29. The van der Waals surface area contributed by atoms with Crippen LogP contribution in [0.4, 0.5) is 30.6 Å². The van der Waals surface area contributed by atoms with Crippen LogP contribution in [-0.4, -0.2) is 40.3 Å². The Labute approximate surface area is 196 Å². The number of rotatable bonds is 7. The van der Waals surface area contributed by atoms with Crippen molar-refractivity contribution in [1.82, 2.24) is 15.2 Å². The zero-order chi connectivity index (χ0) is 24.9. The molecule has 1 saturated carbocycles. The molecule has 0 atom stereocenters. The summed E-state index contributed by atoms with van der Waals surface area (Å²) >= 11 is 0. The largest absolute Gasteiger partial charge is 0.472 e. The minimum atomic E-state index is -1.08. The van der Waals surface area contributed by atoms with Crippen LogP contribution in [0.1, 0.15) is 36.4 Å². The number of benzene rings is 1. The molecular weight excluding hydrogens is 471 g/mol. The van der Waals surface area contributed by atoms with Gasteiger partial charge in [-0.15, -0.1) is 5.10 Å². The van der Waals surface area contributed by atoms with Crippen LogP contribution in [0, 0.1) is 23.4 Å². The minimum Gasteiger partial charge on any atom is -0.472 e. The fourth-order valence-electron chi connectivity index (χ4n) is 3.57. The van der Waals surface area contributed by atoms with Gasteiger partial charge in [-0.05, 0) is 37.8 Å². The standard InChI is InChI=1S/C22H20F3N5O5/c1-33-21(32)11-2-5-14(6-3-11)34-19-17(25)9-13(10-26-19)27-18(31)20-29-30-22(35-20)28-12-4-7-15(23)16(24)8-12/h4,7-11,14H,2-3,5-6H2,1H3,(H,27,31)(H,28,30). The lowest BCUT2D eigenvalue weighted by atomic mass is 9.87. The number of hydrogen-bond acceptors (Lipinski definition) is 9. The average Bonchev–Trinajstić information content (AvgIpc) is 3.32. The molecule has 1 aliphatic carbocycles. The van der Waals surface area contributed by atoms with Crippen molar-refractivity contribution in [2.75, 3.05) is 17.7 Å². The molecule has 0 bridgehead atoms. The summed E-state index contributed by atoms with van der Waals surface area (Å²) in [4.78, 5) is 27.9. The maximum Gasteiger partial charge on any atom is 0.320 e. The van der Waals surface area contributed by atoms with Gasteiger partial charge in [0.1, 0.15) is 6.10 Å². The number of aromatic nitrogens is 3. The van der Waals surface area contributed by atoms with Crippen molar-refractivity contribution in [3.05, 3.63) is 53.8 Å². The van der Waals surface area contributed by atoms with E-state index in [2.05, 4.69) is 25.8 Å². The molecule has 1 fully saturated rings. The number of carbonyl (C=O) groups is 2. The van der Waals surface area contributed by atoms with E-state index in [0.717, 1.165) is 18.2 Å². The Morgan fingerprint density at radius 2 is 1.74 bits per heavy atom. The van der Waals surface area contributed by atoms with E-state index in [-0.39, 0.29) is 41.3 Å². The van der Waals surface area contributed by atoms with Crippen LogP contribution < -0.4 is 15.4 Å². The van der Waals surface area contributed by atoms with Crippen LogP contribution >= 0.6 is 0 Å². The Morgan fingerprint density at radius 3 is 2.43 bits per heavy atom. The Hall–Kier alpha value is -4.16. The van der Waals surface area contributed by atoms with E-state index < -0.39 is 29.2 Å². The summed E-state index contributed by atoms with van der Waals surface area (Å²) in [6.45, 7) is 0. The van der Waals surface area contributed by atoms with Crippen molar-refractivity contribution < 1.29 is 36.7 Å². The van der Waals surface area contributed by atoms with Gasteiger partial charge in [-0.3, -0.25) is 9.59 Å². The molecule has 0 aliphatic heterocycles. The highest BCUT2D eigenvalue weighted by atomic mass is 19.2. The van der Waals surface area contributed by atoms with E-state index in [9.17, 15) is 22.8 Å². The molecule has 0 spiro atoms. The zero-order valence-corrected chi connectivity index (χ0v) is 18.4. The number of esters is 1. The van der Waals surface area contributed by atoms with Crippen LogP contribution in [0.3, 0.4) is 0 Å². The third-order valence-electron chi connectivity index (χ3n) is 5.34. The molecule has 13 heteroatoms. The van der Waals surface area contributed by atoms with Gasteiger partial charge in [0.15, 0.2) is 17.5 Å². The molecule has 2 heterocycles. The predicted molar refractivity (Wildman–Crippen MR) is 114 cm³/mol. The molecule has 2 aromatic heterocycles. The first-order valence-electron chi connectivity index (χ1n) is 10.6. The number of amides is 1. The highest BCUT2D eigenvalue weighted by molar-refractivity contribution is 6.00. The summed E-state index contributed by atoms with van der Waals surface area (Å²) < 4.78 is 56.3. The van der Waals surface area contributed by atoms with Crippen molar-refractivity contribution in [1.29, 1.82) is 0 Å². The van der Waals surface area contributed by atoms with Crippen molar-refractivity contribution in [2.24, 2.45) is 5.92 Å². The SMILES string of the molecule is COC(=O)C1CCC(Oc2ncc(NC(=O)c3nnc(Nc4ccc(F)c(F)c4)o3)cc2F)CC1. The maximum absolute atomic E-state index is 14.5. The van der Waals surface area contributed by atoms with Crippen LogP contribution in [-0.2, 0) is 9.53 Å². The normalized spacial score (nSPS) is 17.5. The highest BCUT2D eigenvalue weighted by Gasteiger charge is 2.28. The second kappa shape index (κ2) is 10.4. The van der Waals surface area contributed by atoms with Crippen LogP contribution in [0.25, 0.3) is 0 Å². The molecule has 0 unspecified atom stereocenters. The van der Waals surface area contributed by atoms with Crippen LogP contribution in [0.5, 0.6) is 5.88 Å². The molecule has 2 N–H and O–H groups in total. The zero-order valence-electron chi connectivity index (χ0n) is 18.4. The molecular formula is C22H20F3N5O5. The number of nitrogens with zero attached hydrogens (tertiary/aromatic N) is 3. The molecule has 10 nitrogen and oxygen atoms in total. The number of halogens is 3. The van der Waals surface area contributed by atoms with E-state index in [1.54, 1.807) is 0 Å². The summed E-state index contributed by atoms with van der Waals surface area (Å²) in [5.74, 6) is -4.86. The second-order valence-electron chi connectivity index (χ2n) is 7.75. The number of carbonyl (C=O) groups excluding carboxylic acids is 2. The number of pyridine rings is 1. The maximum atomic E-state index is 14.5. The van der Waals surface area contributed by atoms with Gasteiger partial charge in [0.25, 0.3) is 5.88 Å². The Morgan fingerprint density at radius 1 is 1.00 bits per heavy atom. The van der Waals surface area contributed by atoms with E-state index in [0.29, 0.717) is 25.7 Å². The van der Waals surface area contributed by atoms with Crippen molar-refractivity contribution in [3.8, 4) is 5.88 Å². The summed E-state index contributed by atoms with van der Waals surface area (Å²) in [6.07, 6.45) is 3.16. The summed E-state index contributed by atoms with van der Waals surface area (Å²) in [5.41, 5.74) is 0.141. The molecule has 1 amide bonds. The van der Waals surface area contributed by atoms with Gasteiger partial charge in [0.2, 0.25) is 0 Å². The lowest BCUT2D eigenvalue weighted by Gasteiger charge is -2.27. The van der Waals surface area contributed by atoms with Gasteiger partial charge < -0.3 is 24.5 Å². The summed E-state index contributed by atoms with van der Waals surface area (Å²) in [7, 11) is 1.34. The number of anilines is 3.